The van der Waals surface area contributed by atoms with E-state index >= 15 is 0 Å². The Morgan fingerprint density at radius 3 is 2.88 bits per heavy atom. The summed E-state index contributed by atoms with van der Waals surface area (Å²) in [6, 6.07) is 5.30. The number of ether oxygens (including phenoxy) is 2. The smallest absolute Gasteiger partial charge is 0.343 e. The summed E-state index contributed by atoms with van der Waals surface area (Å²) in [7, 11) is 1.50. The van der Waals surface area contributed by atoms with Crippen molar-refractivity contribution in [2.24, 2.45) is 0 Å². The van der Waals surface area contributed by atoms with Gasteiger partial charge in [0.25, 0.3) is 0 Å². The van der Waals surface area contributed by atoms with Crippen molar-refractivity contribution in [1.29, 1.82) is 0 Å². The Balaban J connectivity index is 2.53. The number of hydrogen-bond acceptors (Lipinski definition) is 4. The molecule has 0 fully saturated rings. The average Bonchev–Trinajstić information content (AvgIpc) is 2.27. The molecule has 0 saturated carbocycles. The van der Waals surface area contributed by atoms with Gasteiger partial charge in [0.1, 0.15) is 11.3 Å². The van der Waals surface area contributed by atoms with Crippen LogP contribution in [0.3, 0.4) is 0 Å². The summed E-state index contributed by atoms with van der Waals surface area (Å²) in [5.74, 6) is -0.0243. The van der Waals surface area contributed by atoms with Crippen LogP contribution in [0, 0.1) is 0 Å². The van der Waals surface area contributed by atoms with E-state index < -0.39 is 11.6 Å². The summed E-state index contributed by atoms with van der Waals surface area (Å²) in [4.78, 5) is 22.7. The van der Waals surface area contributed by atoms with E-state index in [1.54, 1.807) is 25.1 Å². The molecule has 1 aliphatic rings. The molecule has 0 N–H and O–H groups in total. The fourth-order valence-electron chi connectivity index (χ4n) is 1.87. The molecule has 1 aliphatic heterocycles. The van der Waals surface area contributed by atoms with Gasteiger partial charge in [0.15, 0.2) is 11.9 Å². The van der Waals surface area contributed by atoms with Gasteiger partial charge in [-0.2, -0.15) is 0 Å². The number of esters is 1. The molecule has 0 bridgehead atoms. The van der Waals surface area contributed by atoms with Gasteiger partial charge in [0.05, 0.1) is 7.11 Å². The number of carbonyl (C=O) groups excluding carboxylic acids is 2. The first-order valence-electron chi connectivity index (χ1n) is 4.95. The van der Waals surface area contributed by atoms with Gasteiger partial charge in [-0.3, -0.25) is 4.79 Å². The van der Waals surface area contributed by atoms with Gasteiger partial charge in [-0.1, -0.05) is 12.1 Å². The number of cyclic esters (lactones) is 1. The number of aldehydes is 1. The van der Waals surface area contributed by atoms with Gasteiger partial charge >= 0.3 is 5.97 Å². The molecule has 0 aromatic heterocycles. The zero-order valence-corrected chi connectivity index (χ0v) is 9.15. The fraction of sp³-hybridized carbons (Fsp3) is 0.333. The topological polar surface area (TPSA) is 52.6 Å². The van der Waals surface area contributed by atoms with Gasteiger partial charge in [-0.15, -0.1) is 0 Å². The van der Waals surface area contributed by atoms with E-state index in [0.717, 1.165) is 5.56 Å². The van der Waals surface area contributed by atoms with E-state index in [2.05, 4.69) is 0 Å². The van der Waals surface area contributed by atoms with Crippen LogP contribution in [0.1, 0.15) is 22.8 Å². The number of hydrogen-bond donors (Lipinski definition) is 0. The first kappa shape index (κ1) is 10.7. The van der Waals surface area contributed by atoms with Gasteiger partial charge in [0.2, 0.25) is 0 Å². The third-order valence-corrected chi connectivity index (χ3v) is 2.65. The van der Waals surface area contributed by atoms with Crippen molar-refractivity contribution in [3.63, 3.8) is 0 Å². The molecule has 0 amide bonds. The van der Waals surface area contributed by atoms with Gasteiger partial charge in [-0.25, -0.2) is 4.79 Å². The molecular weight excluding hydrogens is 208 g/mol. The summed E-state index contributed by atoms with van der Waals surface area (Å²) in [5.41, 5.74) is 0.144. The quantitative estimate of drug-likeness (QED) is 0.558. The van der Waals surface area contributed by atoms with Crippen molar-refractivity contribution in [3.8, 4) is 5.75 Å². The van der Waals surface area contributed by atoms with Crippen LogP contribution < -0.4 is 4.74 Å². The highest BCUT2D eigenvalue weighted by atomic mass is 16.6. The highest BCUT2D eigenvalue weighted by Gasteiger charge is 2.37. The van der Waals surface area contributed by atoms with Crippen molar-refractivity contribution in [3.05, 3.63) is 29.3 Å². The van der Waals surface area contributed by atoms with Crippen LogP contribution in [0.25, 0.3) is 0 Å². The maximum absolute atomic E-state index is 11.8. The number of methoxy groups -OCH3 is 1. The van der Waals surface area contributed by atoms with E-state index in [-0.39, 0.29) is 0 Å². The zero-order chi connectivity index (χ0) is 11.8. The fourth-order valence-corrected chi connectivity index (χ4v) is 1.87. The van der Waals surface area contributed by atoms with E-state index in [0.29, 0.717) is 24.0 Å². The largest absolute Gasteiger partial charge is 0.496 e. The van der Waals surface area contributed by atoms with Crippen molar-refractivity contribution in [1.82, 2.24) is 0 Å². The van der Waals surface area contributed by atoms with Crippen LogP contribution in [-0.4, -0.2) is 25.0 Å². The first-order chi connectivity index (χ1) is 7.59. The Bertz CT molecular complexity index is 452. The average molecular weight is 220 g/mol. The van der Waals surface area contributed by atoms with Gasteiger partial charge in [-0.05, 0) is 18.6 Å². The number of benzene rings is 1. The Hall–Kier alpha value is -1.84. The minimum Gasteiger partial charge on any atom is -0.496 e. The SMILES string of the molecule is COc1cccc2c1C(=O)OC(C)(C=O)C2. The van der Waals surface area contributed by atoms with Crippen LogP contribution in [0.15, 0.2) is 18.2 Å². The standard InChI is InChI=1S/C12H12O4/c1-12(7-13)6-8-4-3-5-9(15-2)10(8)11(14)16-12/h3-5,7H,6H2,1-2H3. The van der Waals surface area contributed by atoms with Crippen LogP contribution in [-0.2, 0) is 16.0 Å². The number of carbonyl (C=O) groups is 2. The molecule has 84 valence electrons. The Kier molecular flexibility index (Phi) is 2.42. The molecule has 1 unspecified atom stereocenters. The normalized spacial score (nSPS) is 23.2. The first-order valence-corrected chi connectivity index (χ1v) is 4.95. The number of fused-ring (bicyclic) bond motifs is 1. The molecule has 1 aromatic carbocycles. The maximum atomic E-state index is 11.8. The lowest BCUT2D eigenvalue weighted by molar-refractivity contribution is -0.124. The summed E-state index contributed by atoms with van der Waals surface area (Å²) < 4.78 is 10.2. The Labute approximate surface area is 93.2 Å². The van der Waals surface area contributed by atoms with Gasteiger partial charge < -0.3 is 9.47 Å². The minimum absolute atomic E-state index is 0.384. The third kappa shape index (κ3) is 1.56. The molecule has 0 spiro atoms. The van der Waals surface area contributed by atoms with Crippen LogP contribution in [0.2, 0.25) is 0 Å². The summed E-state index contributed by atoms with van der Waals surface area (Å²) in [5, 5.41) is 0. The van der Waals surface area contributed by atoms with Crippen molar-refractivity contribution in [2.75, 3.05) is 7.11 Å². The maximum Gasteiger partial charge on any atom is 0.343 e. The summed E-state index contributed by atoms with van der Waals surface area (Å²) in [6.07, 6.45) is 1.04. The van der Waals surface area contributed by atoms with E-state index in [1.807, 2.05) is 0 Å². The minimum atomic E-state index is -1.06. The molecule has 1 atom stereocenters. The molecule has 0 saturated heterocycles. The molecule has 1 aromatic rings. The lowest BCUT2D eigenvalue weighted by Gasteiger charge is -2.30. The monoisotopic (exact) mass is 220 g/mol. The Morgan fingerprint density at radius 1 is 1.50 bits per heavy atom. The predicted molar refractivity (Wildman–Crippen MR) is 56.6 cm³/mol. The molecule has 0 aliphatic carbocycles. The van der Waals surface area contributed by atoms with Crippen LogP contribution >= 0.6 is 0 Å². The predicted octanol–water partition coefficient (Wildman–Crippen LogP) is 1.37. The molecule has 2 rings (SSSR count). The van der Waals surface area contributed by atoms with E-state index in [9.17, 15) is 9.59 Å². The second-order valence-electron chi connectivity index (χ2n) is 3.99. The van der Waals surface area contributed by atoms with E-state index in [4.69, 9.17) is 9.47 Å². The van der Waals surface area contributed by atoms with Crippen molar-refractivity contribution >= 4 is 12.3 Å². The van der Waals surface area contributed by atoms with Crippen LogP contribution in [0.5, 0.6) is 5.75 Å². The molecular formula is C12H12O4. The number of rotatable bonds is 2. The second kappa shape index (κ2) is 3.63. The molecule has 1 heterocycles. The molecule has 4 heteroatoms. The summed E-state index contributed by atoms with van der Waals surface area (Å²) in [6.45, 7) is 1.60. The summed E-state index contributed by atoms with van der Waals surface area (Å²) >= 11 is 0. The highest BCUT2D eigenvalue weighted by molar-refractivity contribution is 5.97. The zero-order valence-electron chi connectivity index (χ0n) is 9.15. The molecule has 0 radical (unpaired) electrons. The van der Waals surface area contributed by atoms with Crippen LogP contribution in [0.4, 0.5) is 0 Å². The highest BCUT2D eigenvalue weighted by Crippen LogP contribution is 2.32. The molecule has 16 heavy (non-hydrogen) atoms. The van der Waals surface area contributed by atoms with E-state index in [1.165, 1.54) is 7.11 Å². The van der Waals surface area contributed by atoms with Crippen molar-refractivity contribution < 1.29 is 19.1 Å². The second-order valence-corrected chi connectivity index (χ2v) is 3.99. The lowest BCUT2D eigenvalue weighted by atomic mass is 9.90. The van der Waals surface area contributed by atoms with Gasteiger partial charge in [0, 0.05) is 6.42 Å². The Morgan fingerprint density at radius 2 is 2.25 bits per heavy atom. The lowest BCUT2D eigenvalue weighted by Crippen LogP contribution is -2.40. The molecule has 4 nitrogen and oxygen atoms in total. The van der Waals surface area contributed by atoms with Crippen molar-refractivity contribution in [2.45, 2.75) is 18.9 Å². The third-order valence-electron chi connectivity index (χ3n) is 2.65.